The Labute approximate surface area is 143 Å². The molecule has 2 aromatic rings. The molecular weight excluding hydrogens is 302 g/mol. The lowest BCUT2D eigenvalue weighted by atomic mass is 9.98. The zero-order valence-electron chi connectivity index (χ0n) is 14.3. The van der Waals surface area contributed by atoms with Crippen LogP contribution < -0.4 is 16.8 Å². The van der Waals surface area contributed by atoms with Gasteiger partial charge >= 0.3 is 0 Å². The summed E-state index contributed by atoms with van der Waals surface area (Å²) >= 11 is 0. The van der Waals surface area contributed by atoms with Crippen LogP contribution in [-0.4, -0.2) is 44.3 Å². The van der Waals surface area contributed by atoms with E-state index < -0.39 is 0 Å². The summed E-state index contributed by atoms with van der Waals surface area (Å²) in [4.78, 5) is 8.82. The molecule has 1 aliphatic rings. The second kappa shape index (κ2) is 8.41. The molecule has 3 heterocycles. The molecule has 0 aliphatic carbocycles. The number of aromatic nitrogens is 4. The molecule has 1 saturated heterocycles. The molecule has 2 atom stereocenters. The predicted molar refractivity (Wildman–Crippen MR) is 94.5 cm³/mol. The first-order chi connectivity index (χ1) is 11.8. The minimum absolute atomic E-state index is 0.496. The summed E-state index contributed by atoms with van der Waals surface area (Å²) < 4.78 is 4.36. The molecule has 1 aliphatic heterocycles. The highest BCUT2D eigenvalue weighted by Crippen LogP contribution is 2.16. The lowest BCUT2D eigenvalue weighted by Crippen LogP contribution is -2.46. The van der Waals surface area contributed by atoms with Crippen molar-refractivity contribution in [2.75, 3.05) is 13.1 Å². The van der Waals surface area contributed by atoms with Crippen molar-refractivity contribution < 1.29 is 0 Å². The second-order valence-electron chi connectivity index (χ2n) is 6.69. The summed E-state index contributed by atoms with van der Waals surface area (Å²) in [5, 5.41) is 3.79. The predicted octanol–water partition coefficient (Wildman–Crippen LogP) is 0.293. The third-order valence-corrected chi connectivity index (χ3v) is 4.61. The summed E-state index contributed by atoms with van der Waals surface area (Å²) in [6.45, 7) is 3.24. The third-order valence-electron chi connectivity index (χ3n) is 4.61. The van der Waals surface area contributed by atoms with Crippen LogP contribution in [0.25, 0.3) is 0 Å². The lowest BCUT2D eigenvalue weighted by molar-refractivity contribution is 0.275. The normalized spacial score (nSPS) is 21.2. The zero-order chi connectivity index (χ0) is 16.8. The molecule has 1 fully saturated rings. The molecule has 5 N–H and O–H groups in total. The van der Waals surface area contributed by atoms with Crippen LogP contribution in [-0.2, 0) is 25.9 Å². The first kappa shape index (κ1) is 17.1. The summed E-state index contributed by atoms with van der Waals surface area (Å²) in [6, 6.07) is 0.992. The highest BCUT2D eigenvalue weighted by Gasteiger charge is 2.21. The Morgan fingerprint density at radius 1 is 0.917 bits per heavy atom. The van der Waals surface area contributed by atoms with Gasteiger partial charge in [0.1, 0.15) is 0 Å². The van der Waals surface area contributed by atoms with Crippen LogP contribution in [0.1, 0.15) is 30.7 Å². The van der Waals surface area contributed by atoms with Gasteiger partial charge in [-0.25, -0.2) is 9.97 Å². The van der Waals surface area contributed by atoms with Crippen LogP contribution in [0.2, 0.25) is 0 Å². The van der Waals surface area contributed by atoms with Crippen LogP contribution in [0.3, 0.4) is 0 Å². The molecule has 0 radical (unpaired) electrons. The van der Waals surface area contributed by atoms with E-state index >= 15 is 0 Å². The van der Waals surface area contributed by atoms with E-state index in [1.165, 1.54) is 19.3 Å². The van der Waals surface area contributed by atoms with Crippen molar-refractivity contribution in [1.82, 2.24) is 24.4 Å². The molecule has 0 saturated carbocycles. The molecule has 2 aromatic heterocycles. The fraction of sp³-hybridized carbons (Fsp3) is 0.647. The van der Waals surface area contributed by atoms with Crippen molar-refractivity contribution in [3.05, 3.63) is 36.4 Å². The maximum atomic E-state index is 5.59. The largest absolute Gasteiger partial charge is 0.336 e. The van der Waals surface area contributed by atoms with Gasteiger partial charge in [0.15, 0.2) is 0 Å². The Hall–Kier alpha value is -1.70. The molecule has 7 heteroatoms. The van der Waals surface area contributed by atoms with Gasteiger partial charge in [-0.15, -0.1) is 0 Å². The second-order valence-corrected chi connectivity index (χ2v) is 6.69. The van der Waals surface area contributed by atoms with Crippen LogP contribution in [0.4, 0.5) is 0 Å². The topological polar surface area (TPSA) is 99.7 Å². The van der Waals surface area contributed by atoms with Gasteiger partial charge in [-0.05, 0) is 25.9 Å². The number of hydrogen-bond acceptors (Lipinski definition) is 5. The van der Waals surface area contributed by atoms with Crippen molar-refractivity contribution in [2.45, 2.75) is 57.3 Å². The third kappa shape index (κ3) is 4.66. The van der Waals surface area contributed by atoms with Gasteiger partial charge in [0.25, 0.3) is 0 Å². The number of nitrogens with one attached hydrogen (secondary N) is 1. The maximum Gasteiger partial charge on any atom is 0.0949 e. The van der Waals surface area contributed by atoms with Gasteiger partial charge in [0.05, 0.1) is 24.0 Å². The summed E-state index contributed by atoms with van der Waals surface area (Å²) in [5.74, 6) is 0. The zero-order valence-corrected chi connectivity index (χ0v) is 14.3. The van der Waals surface area contributed by atoms with E-state index in [0.717, 1.165) is 37.3 Å². The number of rotatable bonds is 8. The monoisotopic (exact) mass is 331 g/mol. The quantitative estimate of drug-likeness (QED) is 0.646. The minimum atomic E-state index is 0.496. The SMILES string of the molecule is NCCc1cn(CC2CCCC(Cn3cnc(CCN)c3)N2)cn1. The molecule has 24 heavy (non-hydrogen) atoms. The lowest BCUT2D eigenvalue weighted by Gasteiger charge is -2.31. The Balaban J connectivity index is 1.51. The molecule has 0 spiro atoms. The van der Waals surface area contributed by atoms with Crippen molar-refractivity contribution in [1.29, 1.82) is 0 Å². The van der Waals surface area contributed by atoms with Crippen molar-refractivity contribution in [3.8, 4) is 0 Å². The van der Waals surface area contributed by atoms with Gasteiger partial charge in [-0.3, -0.25) is 0 Å². The molecule has 3 rings (SSSR count). The number of piperidine rings is 1. The average Bonchev–Trinajstić information content (AvgIpc) is 3.18. The first-order valence-electron chi connectivity index (χ1n) is 8.94. The van der Waals surface area contributed by atoms with E-state index in [0.29, 0.717) is 25.2 Å². The molecule has 7 nitrogen and oxygen atoms in total. The van der Waals surface area contributed by atoms with E-state index in [-0.39, 0.29) is 0 Å². The summed E-state index contributed by atoms with van der Waals surface area (Å²) in [6.07, 6.45) is 13.5. The maximum absolute atomic E-state index is 5.59. The van der Waals surface area contributed by atoms with Gasteiger partial charge in [0, 0.05) is 50.4 Å². The smallest absolute Gasteiger partial charge is 0.0949 e. The number of nitrogens with zero attached hydrogens (tertiary/aromatic N) is 4. The Morgan fingerprint density at radius 2 is 1.42 bits per heavy atom. The number of hydrogen-bond donors (Lipinski definition) is 3. The Kier molecular flexibility index (Phi) is 6.01. The number of nitrogens with two attached hydrogens (primary N) is 2. The van der Waals surface area contributed by atoms with Crippen LogP contribution in [0.5, 0.6) is 0 Å². The van der Waals surface area contributed by atoms with E-state index in [4.69, 9.17) is 11.5 Å². The van der Waals surface area contributed by atoms with E-state index in [1.807, 2.05) is 12.7 Å². The first-order valence-corrected chi connectivity index (χ1v) is 8.94. The summed E-state index contributed by atoms with van der Waals surface area (Å²) in [5.41, 5.74) is 13.3. The molecule has 0 bridgehead atoms. The number of imidazole rings is 2. The van der Waals surface area contributed by atoms with Gasteiger partial charge in [-0.1, -0.05) is 6.42 Å². The van der Waals surface area contributed by atoms with Crippen molar-refractivity contribution >= 4 is 0 Å². The van der Waals surface area contributed by atoms with Gasteiger partial charge in [-0.2, -0.15) is 0 Å². The van der Waals surface area contributed by atoms with Crippen LogP contribution >= 0.6 is 0 Å². The highest BCUT2D eigenvalue weighted by molar-refractivity contribution is 4.99. The Bertz CT molecular complexity index is 566. The fourth-order valence-electron chi connectivity index (χ4n) is 3.47. The van der Waals surface area contributed by atoms with E-state index in [1.54, 1.807) is 0 Å². The molecule has 132 valence electrons. The van der Waals surface area contributed by atoms with Crippen LogP contribution in [0.15, 0.2) is 25.0 Å². The highest BCUT2D eigenvalue weighted by atomic mass is 15.1. The minimum Gasteiger partial charge on any atom is -0.336 e. The van der Waals surface area contributed by atoms with Crippen LogP contribution in [0, 0.1) is 0 Å². The molecule has 0 amide bonds. The molecular formula is C17H29N7. The van der Waals surface area contributed by atoms with Gasteiger partial charge in [0.2, 0.25) is 0 Å². The van der Waals surface area contributed by atoms with Gasteiger partial charge < -0.3 is 25.9 Å². The van der Waals surface area contributed by atoms with E-state index in [2.05, 4.69) is 36.8 Å². The fourth-order valence-corrected chi connectivity index (χ4v) is 3.47. The summed E-state index contributed by atoms with van der Waals surface area (Å²) in [7, 11) is 0. The van der Waals surface area contributed by atoms with E-state index in [9.17, 15) is 0 Å². The Morgan fingerprint density at radius 3 is 1.88 bits per heavy atom. The average molecular weight is 331 g/mol. The van der Waals surface area contributed by atoms with Crippen molar-refractivity contribution in [3.63, 3.8) is 0 Å². The molecule has 0 aromatic carbocycles. The van der Waals surface area contributed by atoms with Crippen molar-refractivity contribution in [2.24, 2.45) is 11.5 Å². The standard InChI is InChI=1S/C17H29N7/c18-6-4-14-8-23(12-20-14)10-16-2-1-3-17(22-16)11-24-9-15(5-7-19)21-13-24/h8-9,12-13,16-17,22H,1-7,10-11,18-19H2. The molecule has 2 unspecified atom stereocenters.